The number of aromatic nitrogens is 2. The summed E-state index contributed by atoms with van der Waals surface area (Å²) in [7, 11) is -3.25. The van der Waals surface area contributed by atoms with Crippen molar-refractivity contribution in [2.75, 3.05) is 19.3 Å². The lowest BCUT2D eigenvalue weighted by atomic mass is 9.91. The third-order valence-corrected chi connectivity index (χ3v) is 6.09. The van der Waals surface area contributed by atoms with Crippen LogP contribution in [0.4, 0.5) is 0 Å². The van der Waals surface area contributed by atoms with Gasteiger partial charge in [-0.25, -0.2) is 18.4 Å². The molecule has 2 aliphatic rings. The normalized spacial score (nSPS) is 25.2. The van der Waals surface area contributed by atoms with Gasteiger partial charge in [-0.3, -0.25) is 4.79 Å². The lowest BCUT2D eigenvalue weighted by molar-refractivity contribution is 0.0925. The summed E-state index contributed by atoms with van der Waals surface area (Å²) in [4.78, 5) is 21.0. The van der Waals surface area contributed by atoms with Crippen LogP contribution in [0.5, 0.6) is 0 Å². The summed E-state index contributed by atoms with van der Waals surface area (Å²) in [5, 5.41) is 2.97. The average Bonchev–Trinajstić information content (AvgIpc) is 3.26. The fraction of sp³-hybridized carbons (Fsp3) is 0.688. The van der Waals surface area contributed by atoms with Crippen molar-refractivity contribution in [3.8, 4) is 0 Å². The number of hydrogen-bond donors (Lipinski definition) is 1. The molecule has 1 saturated heterocycles. The lowest BCUT2D eigenvalue weighted by Gasteiger charge is -2.22. The Kier molecular flexibility index (Phi) is 4.61. The third kappa shape index (κ3) is 3.75. The Morgan fingerprint density at radius 3 is 2.38 bits per heavy atom. The predicted octanol–water partition coefficient (Wildman–Crippen LogP) is 1.000. The van der Waals surface area contributed by atoms with E-state index < -0.39 is 10.0 Å². The van der Waals surface area contributed by atoms with Gasteiger partial charge in [-0.15, -0.1) is 0 Å². The number of sulfonamides is 1. The fourth-order valence-corrected chi connectivity index (χ4v) is 4.02. The summed E-state index contributed by atoms with van der Waals surface area (Å²) in [6.45, 7) is 4.85. The van der Waals surface area contributed by atoms with Crippen molar-refractivity contribution in [1.82, 2.24) is 19.6 Å². The Morgan fingerprint density at radius 1 is 1.25 bits per heavy atom. The third-order valence-electron chi connectivity index (χ3n) is 4.85. The Morgan fingerprint density at radius 2 is 1.88 bits per heavy atom. The Hall–Kier alpha value is -1.54. The van der Waals surface area contributed by atoms with Crippen molar-refractivity contribution >= 4 is 15.9 Å². The van der Waals surface area contributed by atoms with Gasteiger partial charge in [-0.2, -0.15) is 4.31 Å². The molecule has 1 saturated carbocycles. The highest BCUT2D eigenvalue weighted by Gasteiger charge is 2.39. The maximum atomic E-state index is 12.5. The summed E-state index contributed by atoms with van der Waals surface area (Å²) in [6.07, 6.45) is 6.56. The van der Waals surface area contributed by atoms with E-state index in [-0.39, 0.29) is 23.8 Å². The van der Waals surface area contributed by atoms with Crippen LogP contribution in [-0.4, -0.2) is 54.0 Å². The standard InChI is InChI=1S/C16H24N4O3S/c1-10(2)13-8-20(24(3,22)23)9-14(13)19-16(21)12-6-17-15(18-7-12)11-4-5-11/h6-7,10-11,13-14H,4-5,8-9H2,1-3H3,(H,19,21)/t13-,14+/m0/s1. The van der Waals surface area contributed by atoms with Crippen LogP contribution >= 0.6 is 0 Å². The molecular formula is C16H24N4O3S. The predicted molar refractivity (Wildman–Crippen MR) is 90.0 cm³/mol. The molecule has 0 aromatic carbocycles. The summed E-state index contributed by atoms with van der Waals surface area (Å²) >= 11 is 0. The molecule has 2 fully saturated rings. The molecule has 1 aliphatic heterocycles. The molecule has 3 rings (SSSR count). The molecule has 132 valence electrons. The highest BCUT2D eigenvalue weighted by molar-refractivity contribution is 7.88. The van der Waals surface area contributed by atoms with Gasteiger partial charge >= 0.3 is 0 Å². The van der Waals surface area contributed by atoms with E-state index in [9.17, 15) is 13.2 Å². The first-order valence-corrected chi connectivity index (χ1v) is 10.2. The van der Waals surface area contributed by atoms with Crippen molar-refractivity contribution in [3.63, 3.8) is 0 Å². The monoisotopic (exact) mass is 352 g/mol. The molecule has 1 aromatic heterocycles. The van der Waals surface area contributed by atoms with Crippen molar-refractivity contribution in [2.24, 2.45) is 11.8 Å². The number of nitrogens with one attached hydrogen (secondary N) is 1. The van der Waals surface area contributed by atoms with E-state index in [0.29, 0.717) is 24.6 Å². The Labute approximate surface area is 142 Å². The summed E-state index contributed by atoms with van der Waals surface area (Å²) in [5.41, 5.74) is 0.416. The van der Waals surface area contributed by atoms with Crippen LogP contribution in [0.3, 0.4) is 0 Å². The minimum absolute atomic E-state index is 0.0929. The van der Waals surface area contributed by atoms with Gasteiger partial charge in [0.05, 0.1) is 11.8 Å². The number of rotatable bonds is 5. The second-order valence-electron chi connectivity index (χ2n) is 7.17. The largest absolute Gasteiger partial charge is 0.348 e. The van der Waals surface area contributed by atoms with Gasteiger partial charge in [0, 0.05) is 37.4 Å². The van der Waals surface area contributed by atoms with Crippen LogP contribution in [0.2, 0.25) is 0 Å². The topological polar surface area (TPSA) is 92.3 Å². The molecule has 1 aromatic rings. The highest BCUT2D eigenvalue weighted by Crippen LogP contribution is 2.37. The molecule has 7 nitrogen and oxygen atoms in total. The molecule has 0 spiro atoms. The molecule has 1 amide bonds. The summed E-state index contributed by atoms with van der Waals surface area (Å²) in [6, 6.07) is -0.199. The number of carbonyl (C=O) groups is 1. The highest BCUT2D eigenvalue weighted by atomic mass is 32.2. The van der Waals surface area contributed by atoms with Crippen molar-refractivity contribution in [3.05, 3.63) is 23.8 Å². The second-order valence-corrected chi connectivity index (χ2v) is 9.15. The first kappa shape index (κ1) is 17.3. The molecule has 2 atom stereocenters. The fourth-order valence-electron chi connectivity index (χ4n) is 3.15. The maximum Gasteiger partial charge on any atom is 0.254 e. The average molecular weight is 352 g/mol. The second kappa shape index (κ2) is 6.40. The van der Waals surface area contributed by atoms with E-state index in [2.05, 4.69) is 15.3 Å². The molecule has 2 heterocycles. The Bertz CT molecular complexity index is 713. The van der Waals surface area contributed by atoms with E-state index in [1.807, 2.05) is 13.8 Å². The van der Waals surface area contributed by atoms with Crippen LogP contribution in [0, 0.1) is 11.8 Å². The molecule has 1 aliphatic carbocycles. The SMILES string of the molecule is CC(C)[C@@H]1CN(S(C)(=O)=O)C[C@H]1NC(=O)c1cnc(C2CC2)nc1. The molecule has 24 heavy (non-hydrogen) atoms. The summed E-state index contributed by atoms with van der Waals surface area (Å²) < 4.78 is 25.0. The zero-order valence-electron chi connectivity index (χ0n) is 14.3. The number of hydrogen-bond acceptors (Lipinski definition) is 5. The van der Waals surface area contributed by atoms with Gasteiger partial charge in [-0.1, -0.05) is 13.8 Å². The van der Waals surface area contributed by atoms with E-state index in [4.69, 9.17) is 0 Å². The van der Waals surface area contributed by atoms with Crippen molar-refractivity contribution in [2.45, 2.75) is 38.6 Å². The summed E-state index contributed by atoms with van der Waals surface area (Å²) in [5.74, 6) is 1.37. The van der Waals surface area contributed by atoms with E-state index in [0.717, 1.165) is 18.7 Å². The van der Waals surface area contributed by atoms with Gasteiger partial charge in [0.25, 0.3) is 5.91 Å². The van der Waals surface area contributed by atoms with E-state index in [1.54, 1.807) is 12.4 Å². The van der Waals surface area contributed by atoms with Crippen molar-refractivity contribution < 1.29 is 13.2 Å². The van der Waals surface area contributed by atoms with Crippen molar-refractivity contribution in [1.29, 1.82) is 0 Å². The van der Waals surface area contributed by atoms with Gasteiger partial charge < -0.3 is 5.32 Å². The van der Waals surface area contributed by atoms with Gasteiger partial charge in [0.2, 0.25) is 10.0 Å². The molecule has 1 N–H and O–H groups in total. The number of carbonyl (C=O) groups excluding carboxylic acids is 1. The van der Waals surface area contributed by atoms with Crippen LogP contribution in [0.25, 0.3) is 0 Å². The minimum Gasteiger partial charge on any atom is -0.348 e. The van der Waals surface area contributed by atoms with Crippen LogP contribution in [0.1, 0.15) is 48.8 Å². The van der Waals surface area contributed by atoms with Crippen LogP contribution in [0.15, 0.2) is 12.4 Å². The number of amides is 1. The minimum atomic E-state index is -3.25. The van der Waals surface area contributed by atoms with Gasteiger partial charge in [-0.05, 0) is 24.7 Å². The van der Waals surface area contributed by atoms with Gasteiger partial charge in [0.15, 0.2) is 0 Å². The lowest BCUT2D eigenvalue weighted by Crippen LogP contribution is -2.42. The van der Waals surface area contributed by atoms with E-state index >= 15 is 0 Å². The van der Waals surface area contributed by atoms with Crippen LogP contribution in [-0.2, 0) is 10.0 Å². The Balaban J connectivity index is 1.69. The first-order valence-electron chi connectivity index (χ1n) is 8.33. The quantitative estimate of drug-likeness (QED) is 0.853. The number of nitrogens with zero attached hydrogens (tertiary/aromatic N) is 3. The first-order chi connectivity index (χ1) is 11.3. The molecule has 0 radical (unpaired) electrons. The molecule has 0 unspecified atom stereocenters. The zero-order chi connectivity index (χ0) is 17.5. The maximum absolute atomic E-state index is 12.5. The smallest absolute Gasteiger partial charge is 0.254 e. The molecule has 8 heteroatoms. The van der Waals surface area contributed by atoms with E-state index in [1.165, 1.54) is 10.6 Å². The zero-order valence-corrected chi connectivity index (χ0v) is 15.1. The van der Waals surface area contributed by atoms with Gasteiger partial charge in [0.1, 0.15) is 5.82 Å². The van der Waals surface area contributed by atoms with Crippen LogP contribution < -0.4 is 5.32 Å². The molecule has 0 bridgehead atoms. The molecular weight excluding hydrogens is 328 g/mol.